The molecule has 2 heterocycles. The first-order valence-corrected chi connectivity index (χ1v) is 13.2. The van der Waals surface area contributed by atoms with Gasteiger partial charge in [-0.15, -0.1) is 11.3 Å². The molecule has 0 saturated carbocycles. The topological polar surface area (TPSA) is 77.2 Å². The summed E-state index contributed by atoms with van der Waals surface area (Å²) in [6.45, 7) is 9.48. The molecule has 37 heavy (non-hydrogen) atoms. The lowest BCUT2D eigenvalue weighted by atomic mass is 9.91. The second kappa shape index (κ2) is 9.24. The van der Waals surface area contributed by atoms with Gasteiger partial charge in [0.25, 0.3) is 0 Å². The number of hydrogen-bond acceptors (Lipinski definition) is 5. The van der Waals surface area contributed by atoms with Crippen molar-refractivity contribution < 1.29 is 14.6 Å². The molecule has 0 saturated heterocycles. The molecule has 1 N–H and O–H groups in total. The number of carboxylic acids is 1. The van der Waals surface area contributed by atoms with Crippen LogP contribution in [0.25, 0.3) is 42.9 Å². The molecule has 0 aliphatic carbocycles. The molecule has 6 nitrogen and oxygen atoms in total. The van der Waals surface area contributed by atoms with E-state index in [2.05, 4.69) is 15.6 Å². The molecule has 0 aliphatic rings. The van der Waals surface area contributed by atoms with Crippen molar-refractivity contribution >= 4 is 50.2 Å². The van der Waals surface area contributed by atoms with E-state index in [1.807, 2.05) is 84.1 Å². The summed E-state index contributed by atoms with van der Waals surface area (Å²) in [5, 5.41) is 11.7. The highest BCUT2D eigenvalue weighted by molar-refractivity contribution is 7.22. The van der Waals surface area contributed by atoms with Crippen molar-refractivity contribution in [3.63, 3.8) is 0 Å². The second-order valence-corrected chi connectivity index (χ2v) is 11.7. The van der Waals surface area contributed by atoms with Crippen molar-refractivity contribution in [2.24, 2.45) is 7.05 Å². The smallest absolute Gasteiger partial charge is 0.337 e. The summed E-state index contributed by atoms with van der Waals surface area (Å²) < 4.78 is 9.07. The average Bonchev–Trinajstić information content (AvgIpc) is 3.37. The number of carbonyl (C=O) groups is 1. The summed E-state index contributed by atoms with van der Waals surface area (Å²) in [5.74, 6) is -0.0883. The number of ether oxygens (including phenoxy) is 1. The Morgan fingerprint density at radius 1 is 1.03 bits per heavy atom. The molecule has 190 valence electrons. The number of nitrogens with zero attached hydrogens (tertiary/aromatic N) is 3. The molecule has 1 atom stereocenters. The van der Waals surface area contributed by atoms with Gasteiger partial charge in [0.1, 0.15) is 10.8 Å². The molecule has 0 radical (unpaired) electrons. The van der Waals surface area contributed by atoms with E-state index in [-0.39, 0.29) is 0 Å². The van der Waals surface area contributed by atoms with Crippen LogP contribution in [0.4, 0.5) is 0 Å². The highest BCUT2D eigenvalue weighted by Crippen LogP contribution is 2.44. The Kier molecular flexibility index (Phi) is 6.34. The third kappa shape index (κ3) is 4.75. The average molecular weight is 534 g/mol. The van der Waals surface area contributed by atoms with Crippen LogP contribution in [-0.2, 0) is 16.6 Å². The minimum atomic E-state index is -1.14. The maximum absolute atomic E-state index is 12.5. The predicted octanol–water partition coefficient (Wildman–Crippen LogP) is 7.73. The normalized spacial score (nSPS) is 12.9. The van der Waals surface area contributed by atoms with Gasteiger partial charge in [0, 0.05) is 28.8 Å². The number of aromatic nitrogens is 3. The fourth-order valence-corrected chi connectivity index (χ4v) is 5.85. The first-order valence-electron chi connectivity index (χ1n) is 12.0. The molecule has 0 amide bonds. The van der Waals surface area contributed by atoms with E-state index in [0.29, 0.717) is 10.6 Å². The number of thiazole rings is 1. The van der Waals surface area contributed by atoms with Gasteiger partial charge in [-0.2, -0.15) is 0 Å². The van der Waals surface area contributed by atoms with Crippen LogP contribution in [-0.4, -0.2) is 31.2 Å². The zero-order valence-electron chi connectivity index (χ0n) is 21.6. The van der Waals surface area contributed by atoms with Gasteiger partial charge in [-0.1, -0.05) is 23.7 Å². The molecule has 0 bridgehead atoms. The number of aryl methyl sites for hydroxylation is 3. The number of halogens is 1. The van der Waals surface area contributed by atoms with Crippen LogP contribution in [0.3, 0.4) is 0 Å². The number of hydrogen-bond donors (Lipinski definition) is 1. The van der Waals surface area contributed by atoms with Gasteiger partial charge in [0.2, 0.25) is 0 Å². The van der Waals surface area contributed by atoms with Crippen LogP contribution < -0.4 is 0 Å². The maximum Gasteiger partial charge on any atom is 0.337 e. The Hall–Kier alpha value is -3.26. The van der Waals surface area contributed by atoms with E-state index in [0.717, 1.165) is 54.3 Å². The summed E-state index contributed by atoms with van der Waals surface area (Å²) >= 11 is 7.74. The number of imidazole rings is 1. The number of aliphatic carboxylic acids is 1. The van der Waals surface area contributed by atoms with Crippen LogP contribution in [0.1, 0.15) is 43.8 Å². The summed E-state index contributed by atoms with van der Waals surface area (Å²) in [7, 11) is 2.00. The van der Waals surface area contributed by atoms with Gasteiger partial charge in [-0.25, -0.2) is 14.8 Å². The molecule has 0 spiro atoms. The van der Waals surface area contributed by atoms with Crippen LogP contribution in [0.5, 0.6) is 0 Å². The minimum Gasteiger partial charge on any atom is -0.479 e. The lowest BCUT2D eigenvalue weighted by molar-refractivity contribution is -0.160. The summed E-state index contributed by atoms with van der Waals surface area (Å²) in [6, 6.07) is 15.6. The van der Waals surface area contributed by atoms with E-state index in [1.54, 1.807) is 11.3 Å². The van der Waals surface area contributed by atoms with Crippen LogP contribution >= 0.6 is 22.9 Å². The van der Waals surface area contributed by atoms with E-state index in [1.165, 1.54) is 0 Å². The van der Waals surface area contributed by atoms with Gasteiger partial charge >= 0.3 is 5.97 Å². The Morgan fingerprint density at radius 3 is 2.35 bits per heavy atom. The number of carboxylic acid groups (broad SMARTS) is 1. The Bertz CT molecular complexity index is 1660. The third-order valence-electron chi connectivity index (χ3n) is 6.37. The standard InChI is InChI=1S/C29H28ClN3O3S/c1-15-13-21-26(37-27(32-21)18-9-12-20-22(14-18)33(6)16(2)31-20)24(17-7-10-19(30)11-8-17)23(15)25(28(34)35)36-29(3,4)5/h7-14,25H,1-6H3,(H,34,35)/t25-/m0/s1. The molecular formula is C29H28ClN3O3S. The third-order valence-corrected chi connectivity index (χ3v) is 7.76. The fraction of sp³-hybridized carbons (Fsp3) is 0.276. The number of rotatable bonds is 5. The molecular weight excluding hydrogens is 506 g/mol. The molecule has 8 heteroatoms. The van der Waals surface area contributed by atoms with Crippen LogP contribution in [0.2, 0.25) is 5.02 Å². The van der Waals surface area contributed by atoms with Gasteiger partial charge in [0.15, 0.2) is 6.10 Å². The highest BCUT2D eigenvalue weighted by atomic mass is 35.5. The molecule has 0 aliphatic heterocycles. The summed E-state index contributed by atoms with van der Waals surface area (Å²) in [4.78, 5) is 22.1. The predicted molar refractivity (Wildman–Crippen MR) is 150 cm³/mol. The quantitative estimate of drug-likeness (QED) is 0.250. The van der Waals surface area contributed by atoms with Crippen molar-refractivity contribution in [2.45, 2.75) is 46.3 Å². The molecule has 2 aromatic heterocycles. The van der Waals surface area contributed by atoms with Crippen molar-refractivity contribution in [1.82, 2.24) is 14.5 Å². The molecule has 0 unspecified atom stereocenters. The van der Waals surface area contributed by atoms with E-state index >= 15 is 0 Å². The zero-order valence-corrected chi connectivity index (χ0v) is 23.2. The Morgan fingerprint density at radius 2 is 1.70 bits per heavy atom. The monoisotopic (exact) mass is 533 g/mol. The Balaban J connectivity index is 1.78. The van der Waals surface area contributed by atoms with Crippen molar-refractivity contribution in [1.29, 1.82) is 0 Å². The van der Waals surface area contributed by atoms with Crippen LogP contribution in [0, 0.1) is 13.8 Å². The zero-order chi connectivity index (χ0) is 26.6. The number of benzene rings is 3. The van der Waals surface area contributed by atoms with E-state index in [4.69, 9.17) is 21.3 Å². The van der Waals surface area contributed by atoms with Crippen molar-refractivity contribution in [2.75, 3.05) is 0 Å². The summed E-state index contributed by atoms with van der Waals surface area (Å²) in [6.07, 6.45) is -1.14. The van der Waals surface area contributed by atoms with Crippen molar-refractivity contribution in [3.8, 4) is 21.7 Å². The lowest BCUT2D eigenvalue weighted by Gasteiger charge is -2.28. The fourth-order valence-electron chi connectivity index (χ4n) is 4.61. The molecule has 0 fully saturated rings. The lowest BCUT2D eigenvalue weighted by Crippen LogP contribution is -2.28. The van der Waals surface area contributed by atoms with E-state index < -0.39 is 17.7 Å². The van der Waals surface area contributed by atoms with Gasteiger partial charge in [-0.3, -0.25) is 0 Å². The number of fused-ring (bicyclic) bond motifs is 2. The second-order valence-electron chi connectivity index (χ2n) is 10.2. The SMILES string of the molecule is Cc1cc2nc(-c3ccc4nc(C)n(C)c4c3)sc2c(-c2ccc(Cl)cc2)c1[C@H](OC(C)(C)C)C(=O)O. The molecule has 5 rings (SSSR count). The largest absolute Gasteiger partial charge is 0.479 e. The van der Waals surface area contributed by atoms with Gasteiger partial charge < -0.3 is 14.4 Å². The minimum absolute atomic E-state index is 0.611. The first-order chi connectivity index (χ1) is 17.4. The van der Waals surface area contributed by atoms with Crippen LogP contribution in [0.15, 0.2) is 48.5 Å². The summed E-state index contributed by atoms with van der Waals surface area (Å²) in [5.41, 5.74) is 6.23. The molecule has 5 aromatic rings. The molecule has 3 aromatic carbocycles. The van der Waals surface area contributed by atoms with Gasteiger partial charge in [0.05, 0.1) is 26.9 Å². The maximum atomic E-state index is 12.5. The Labute approximate surface area is 224 Å². The van der Waals surface area contributed by atoms with Gasteiger partial charge in [-0.05, 0) is 82.1 Å². The van der Waals surface area contributed by atoms with Crippen molar-refractivity contribution in [3.05, 3.63) is 70.5 Å². The highest BCUT2D eigenvalue weighted by Gasteiger charge is 2.32. The van der Waals surface area contributed by atoms with E-state index in [9.17, 15) is 9.90 Å². The first kappa shape index (κ1) is 25.4.